The highest BCUT2D eigenvalue weighted by Crippen LogP contribution is 2.24. The van der Waals surface area contributed by atoms with Gasteiger partial charge in [-0.05, 0) is 38.5 Å². The van der Waals surface area contributed by atoms with Gasteiger partial charge in [-0.3, -0.25) is 0 Å². The normalized spacial score (nSPS) is 11.4. The molecule has 138 valence electrons. The van der Waals surface area contributed by atoms with E-state index in [1.54, 1.807) is 10.9 Å². The highest BCUT2D eigenvalue weighted by molar-refractivity contribution is 6.31. The van der Waals surface area contributed by atoms with Crippen molar-refractivity contribution in [1.82, 2.24) is 19.7 Å². The van der Waals surface area contributed by atoms with Gasteiger partial charge in [0.25, 0.3) is 0 Å². The van der Waals surface area contributed by atoms with Gasteiger partial charge in [0, 0.05) is 18.2 Å². The molecule has 0 bridgehead atoms. The van der Waals surface area contributed by atoms with E-state index in [2.05, 4.69) is 20.4 Å². The molecule has 0 amide bonds. The molecule has 0 atom stereocenters. The van der Waals surface area contributed by atoms with E-state index in [9.17, 15) is 0 Å². The Morgan fingerprint density at radius 2 is 1.96 bits per heavy atom. The molecule has 0 saturated carbocycles. The number of aryl methyl sites for hydroxylation is 1. The Hall–Kier alpha value is -2.22. The molecule has 0 radical (unpaired) electrons. The maximum atomic E-state index is 6.24. The zero-order valence-corrected chi connectivity index (χ0v) is 15.8. The molecule has 2 aromatic heterocycles. The smallest absolute Gasteiger partial charge is 0.174 e. The van der Waals surface area contributed by atoms with Crippen molar-refractivity contribution in [1.29, 1.82) is 0 Å². The number of anilines is 1. The molecule has 8 heteroatoms. The molecule has 0 saturated heterocycles. The van der Waals surface area contributed by atoms with Crippen LogP contribution in [0, 0.1) is 6.92 Å². The van der Waals surface area contributed by atoms with Crippen molar-refractivity contribution in [2.24, 2.45) is 0 Å². The van der Waals surface area contributed by atoms with E-state index in [0.717, 1.165) is 16.6 Å². The third kappa shape index (κ3) is 3.95. The lowest BCUT2D eigenvalue weighted by molar-refractivity contribution is -0.126. The molecule has 3 aromatic rings. The lowest BCUT2D eigenvalue weighted by Crippen LogP contribution is -2.26. The molecule has 3 rings (SSSR count). The fourth-order valence-electron chi connectivity index (χ4n) is 2.61. The molecule has 0 unspecified atom stereocenters. The predicted molar refractivity (Wildman–Crippen MR) is 102 cm³/mol. The second kappa shape index (κ2) is 8.44. The minimum Gasteiger partial charge on any atom is -0.364 e. The molecule has 1 N–H and O–H groups in total. The van der Waals surface area contributed by atoms with E-state index >= 15 is 0 Å². The number of halogens is 1. The molecule has 7 nitrogen and oxygen atoms in total. The van der Waals surface area contributed by atoms with Crippen LogP contribution in [0.1, 0.15) is 19.4 Å². The highest BCUT2D eigenvalue weighted by Gasteiger charge is 2.14. The van der Waals surface area contributed by atoms with Crippen LogP contribution in [0.5, 0.6) is 0 Å². The second-order valence-corrected chi connectivity index (χ2v) is 6.08. The minimum absolute atomic E-state index is 0.332. The molecule has 0 aliphatic carbocycles. The van der Waals surface area contributed by atoms with Gasteiger partial charge in [-0.1, -0.05) is 17.7 Å². The van der Waals surface area contributed by atoms with Crippen LogP contribution in [0.15, 0.2) is 30.7 Å². The van der Waals surface area contributed by atoms with Crippen LogP contribution < -0.4 is 5.32 Å². The number of rotatable bonds is 8. The Kier molecular flexibility index (Phi) is 6.03. The van der Waals surface area contributed by atoms with E-state index in [0.29, 0.717) is 36.2 Å². The predicted octanol–water partition coefficient (Wildman–Crippen LogP) is 3.59. The average Bonchev–Trinajstić information content (AvgIpc) is 3.07. The van der Waals surface area contributed by atoms with Crippen molar-refractivity contribution in [2.45, 2.75) is 27.1 Å². The quantitative estimate of drug-likeness (QED) is 0.606. The van der Waals surface area contributed by atoms with Gasteiger partial charge >= 0.3 is 0 Å². The number of fused-ring (bicyclic) bond motifs is 1. The summed E-state index contributed by atoms with van der Waals surface area (Å²) in [5.41, 5.74) is 2.57. The van der Waals surface area contributed by atoms with Gasteiger partial charge in [-0.2, -0.15) is 5.10 Å². The monoisotopic (exact) mass is 375 g/mol. The summed E-state index contributed by atoms with van der Waals surface area (Å²) < 4.78 is 12.8. The molecular formula is C18H22ClN5O2. The number of aromatic nitrogens is 4. The van der Waals surface area contributed by atoms with Crippen LogP contribution >= 0.6 is 11.6 Å². The van der Waals surface area contributed by atoms with Gasteiger partial charge in [0.05, 0.1) is 23.8 Å². The number of ether oxygens (including phenoxy) is 2. The van der Waals surface area contributed by atoms with Crippen molar-refractivity contribution in [3.63, 3.8) is 0 Å². The van der Waals surface area contributed by atoms with E-state index in [-0.39, 0.29) is 6.29 Å². The lowest BCUT2D eigenvalue weighted by atomic mass is 10.2. The summed E-state index contributed by atoms with van der Waals surface area (Å²) in [6.45, 7) is 7.48. The summed E-state index contributed by atoms with van der Waals surface area (Å²) in [5.74, 6) is 0.684. The van der Waals surface area contributed by atoms with Crippen LogP contribution in [0.4, 0.5) is 5.82 Å². The van der Waals surface area contributed by atoms with Crippen LogP contribution in [0.3, 0.4) is 0 Å². The van der Waals surface area contributed by atoms with Crippen molar-refractivity contribution in [2.75, 3.05) is 25.1 Å². The van der Waals surface area contributed by atoms with Crippen LogP contribution in [0.2, 0.25) is 5.02 Å². The van der Waals surface area contributed by atoms with Crippen molar-refractivity contribution >= 4 is 28.5 Å². The van der Waals surface area contributed by atoms with E-state index in [4.69, 9.17) is 21.1 Å². The average molecular weight is 376 g/mol. The lowest BCUT2D eigenvalue weighted by Gasteiger charge is -2.17. The summed E-state index contributed by atoms with van der Waals surface area (Å²) in [5, 5.41) is 9.22. The maximum Gasteiger partial charge on any atom is 0.174 e. The van der Waals surface area contributed by atoms with Crippen molar-refractivity contribution in [3.8, 4) is 5.69 Å². The summed E-state index contributed by atoms with van der Waals surface area (Å²) in [4.78, 5) is 8.70. The Bertz CT molecular complexity index is 877. The van der Waals surface area contributed by atoms with E-state index in [1.165, 1.54) is 6.33 Å². The number of nitrogens with zero attached hydrogens (tertiary/aromatic N) is 4. The fraction of sp³-hybridized carbons (Fsp3) is 0.389. The van der Waals surface area contributed by atoms with Crippen LogP contribution in [-0.4, -0.2) is 45.8 Å². The number of benzene rings is 1. The van der Waals surface area contributed by atoms with E-state index in [1.807, 2.05) is 39.0 Å². The maximum absolute atomic E-state index is 6.24. The summed E-state index contributed by atoms with van der Waals surface area (Å²) >= 11 is 6.24. The van der Waals surface area contributed by atoms with Gasteiger partial charge in [0.2, 0.25) is 0 Å². The zero-order chi connectivity index (χ0) is 18.5. The van der Waals surface area contributed by atoms with Crippen molar-refractivity contribution < 1.29 is 9.47 Å². The summed E-state index contributed by atoms with van der Waals surface area (Å²) in [6.07, 6.45) is 2.91. The molecule has 2 heterocycles. The fourth-order valence-corrected chi connectivity index (χ4v) is 2.78. The topological polar surface area (TPSA) is 74.1 Å². The van der Waals surface area contributed by atoms with Crippen molar-refractivity contribution in [3.05, 3.63) is 41.3 Å². The molecule has 0 aliphatic heterocycles. The SMILES string of the molecule is CCOC(CNc1ncnc2c1cnn2-c1ccc(C)c(Cl)c1)OCC. The number of nitrogens with one attached hydrogen (secondary N) is 1. The van der Waals surface area contributed by atoms with Gasteiger partial charge in [-0.25, -0.2) is 14.6 Å². The summed E-state index contributed by atoms with van der Waals surface area (Å²) in [6, 6.07) is 5.79. The first-order valence-electron chi connectivity index (χ1n) is 8.56. The number of hydrogen-bond donors (Lipinski definition) is 1. The van der Waals surface area contributed by atoms with Gasteiger partial charge < -0.3 is 14.8 Å². The number of hydrogen-bond acceptors (Lipinski definition) is 6. The molecule has 26 heavy (non-hydrogen) atoms. The van der Waals surface area contributed by atoms with Gasteiger partial charge in [0.15, 0.2) is 11.9 Å². The van der Waals surface area contributed by atoms with Gasteiger partial charge in [0.1, 0.15) is 12.1 Å². The third-order valence-corrected chi connectivity index (χ3v) is 4.31. The van der Waals surface area contributed by atoms with Gasteiger partial charge in [-0.15, -0.1) is 0 Å². The molecule has 1 aromatic carbocycles. The standard InChI is InChI=1S/C18H22ClN5O2/c1-4-25-16(26-5-2)10-20-17-14-9-23-24(18(14)22-11-21-17)13-7-6-12(3)15(19)8-13/h6-9,11,16H,4-5,10H2,1-3H3,(H,20,21,22). The first-order chi connectivity index (χ1) is 12.6. The second-order valence-electron chi connectivity index (χ2n) is 5.67. The van der Waals surface area contributed by atoms with Crippen LogP contribution in [0.25, 0.3) is 16.7 Å². The first kappa shape index (κ1) is 18.6. The van der Waals surface area contributed by atoms with E-state index < -0.39 is 0 Å². The minimum atomic E-state index is -0.332. The first-order valence-corrected chi connectivity index (χ1v) is 8.94. The van der Waals surface area contributed by atoms with Crippen LogP contribution in [-0.2, 0) is 9.47 Å². The summed E-state index contributed by atoms with van der Waals surface area (Å²) in [7, 11) is 0. The molecule has 0 fully saturated rings. The highest BCUT2D eigenvalue weighted by atomic mass is 35.5. The Morgan fingerprint density at radius 1 is 1.19 bits per heavy atom. The molecular weight excluding hydrogens is 354 g/mol. The third-order valence-electron chi connectivity index (χ3n) is 3.91. The largest absolute Gasteiger partial charge is 0.364 e. The zero-order valence-electron chi connectivity index (χ0n) is 15.1. The molecule has 0 aliphatic rings. The Balaban J connectivity index is 1.87. The Labute approximate surface area is 157 Å². The molecule has 0 spiro atoms. The Morgan fingerprint density at radius 3 is 2.65 bits per heavy atom.